The van der Waals surface area contributed by atoms with Gasteiger partial charge in [0.05, 0.1) is 25.0 Å². The summed E-state index contributed by atoms with van der Waals surface area (Å²) in [6, 6.07) is 5.76. The van der Waals surface area contributed by atoms with Crippen LogP contribution in [0.5, 0.6) is 5.75 Å². The number of aryl methyl sites for hydroxylation is 2. The summed E-state index contributed by atoms with van der Waals surface area (Å²) in [6.45, 7) is 4.90. The monoisotopic (exact) mass is 314 g/mol. The van der Waals surface area contributed by atoms with E-state index in [4.69, 9.17) is 9.47 Å². The number of ketones is 1. The van der Waals surface area contributed by atoms with Gasteiger partial charge in [0, 0.05) is 25.4 Å². The van der Waals surface area contributed by atoms with Gasteiger partial charge in [0.25, 0.3) is 0 Å². The SMILES string of the molecule is CCOCc1cc(/C=C/C(=O)c2cn(C)nc2C)ccc1OC. The molecule has 2 rings (SSSR count). The van der Waals surface area contributed by atoms with E-state index < -0.39 is 0 Å². The quantitative estimate of drug-likeness (QED) is 0.582. The lowest BCUT2D eigenvalue weighted by Gasteiger charge is -2.09. The third-order valence-corrected chi connectivity index (χ3v) is 3.47. The van der Waals surface area contributed by atoms with Crippen LogP contribution in [0.4, 0.5) is 0 Å². The number of aromatic nitrogens is 2. The number of benzene rings is 1. The fourth-order valence-corrected chi connectivity index (χ4v) is 2.33. The summed E-state index contributed by atoms with van der Waals surface area (Å²) >= 11 is 0. The maximum Gasteiger partial charge on any atom is 0.189 e. The number of ether oxygens (including phenoxy) is 2. The lowest BCUT2D eigenvalue weighted by Crippen LogP contribution is -1.97. The lowest BCUT2D eigenvalue weighted by molar-refractivity contribution is 0.104. The van der Waals surface area contributed by atoms with Crippen LogP contribution in [0, 0.1) is 6.92 Å². The number of methoxy groups -OCH3 is 1. The molecular formula is C18H22N2O3. The molecule has 0 N–H and O–H groups in total. The minimum atomic E-state index is -0.0576. The van der Waals surface area contributed by atoms with Crippen molar-refractivity contribution in [1.29, 1.82) is 0 Å². The van der Waals surface area contributed by atoms with Gasteiger partial charge in [0.2, 0.25) is 0 Å². The van der Waals surface area contributed by atoms with Gasteiger partial charge in [-0.1, -0.05) is 12.1 Å². The zero-order valence-electron chi connectivity index (χ0n) is 14.0. The molecule has 1 aromatic carbocycles. The zero-order chi connectivity index (χ0) is 16.8. The fraction of sp³-hybridized carbons (Fsp3) is 0.333. The first kappa shape index (κ1) is 17.0. The van der Waals surface area contributed by atoms with Crippen LogP contribution in [-0.4, -0.2) is 29.3 Å². The summed E-state index contributed by atoms with van der Waals surface area (Å²) in [5.41, 5.74) is 3.23. The predicted octanol–water partition coefficient (Wildman–Crippen LogP) is 3.17. The van der Waals surface area contributed by atoms with Crippen LogP contribution in [0.1, 0.15) is 34.1 Å². The molecule has 0 aliphatic heterocycles. The van der Waals surface area contributed by atoms with Gasteiger partial charge in [-0.3, -0.25) is 9.48 Å². The van der Waals surface area contributed by atoms with Crippen molar-refractivity contribution in [2.45, 2.75) is 20.5 Å². The summed E-state index contributed by atoms with van der Waals surface area (Å²) < 4.78 is 12.4. The fourth-order valence-electron chi connectivity index (χ4n) is 2.33. The topological polar surface area (TPSA) is 53.4 Å². The standard InChI is InChI=1S/C18H22N2O3/c1-5-23-12-15-10-14(7-9-18(15)22-4)6-8-17(21)16-11-20(3)19-13(16)2/h6-11H,5,12H2,1-4H3/b8-6+. The van der Waals surface area contributed by atoms with Gasteiger partial charge in [-0.2, -0.15) is 5.10 Å². The molecule has 0 amide bonds. The van der Waals surface area contributed by atoms with Gasteiger partial charge < -0.3 is 9.47 Å². The Morgan fingerprint density at radius 1 is 1.39 bits per heavy atom. The largest absolute Gasteiger partial charge is 0.496 e. The molecule has 1 heterocycles. The summed E-state index contributed by atoms with van der Waals surface area (Å²) in [7, 11) is 3.44. The van der Waals surface area contributed by atoms with Gasteiger partial charge in [-0.25, -0.2) is 0 Å². The number of hydrogen-bond donors (Lipinski definition) is 0. The molecule has 0 saturated heterocycles. The highest BCUT2D eigenvalue weighted by Gasteiger charge is 2.09. The molecule has 0 unspecified atom stereocenters. The lowest BCUT2D eigenvalue weighted by atomic mass is 10.1. The molecule has 0 aliphatic carbocycles. The Morgan fingerprint density at radius 3 is 2.78 bits per heavy atom. The number of carbonyl (C=O) groups is 1. The van der Waals surface area contributed by atoms with E-state index in [9.17, 15) is 4.79 Å². The van der Waals surface area contributed by atoms with Crippen molar-refractivity contribution in [2.24, 2.45) is 7.05 Å². The minimum absolute atomic E-state index is 0.0576. The molecule has 0 fully saturated rings. The molecule has 2 aromatic rings. The van der Waals surface area contributed by atoms with Gasteiger partial charge >= 0.3 is 0 Å². The Bertz CT molecular complexity index is 717. The second-order valence-electron chi connectivity index (χ2n) is 5.21. The van der Waals surface area contributed by atoms with Crippen LogP contribution >= 0.6 is 0 Å². The van der Waals surface area contributed by atoms with Crippen molar-refractivity contribution < 1.29 is 14.3 Å². The number of rotatable bonds is 7. The molecule has 0 spiro atoms. The summed E-state index contributed by atoms with van der Waals surface area (Å²) in [4.78, 5) is 12.2. The van der Waals surface area contributed by atoms with Crippen LogP contribution in [0.2, 0.25) is 0 Å². The minimum Gasteiger partial charge on any atom is -0.496 e. The van der Waals surface area contributed by atoms with Crippen molar-refractivity contribution >= 4 is 11.9 Å². The average molecular weight is 314 g/mol. The normalized spacial score (nSPS) is 11.1. The molecule has 0 saturated carbocycles. The van der Waals surface area contributed by atoms with Crippen LogP contribution in [0.25, 0.3) is 6.08 Å². The highest BCUT2D eigenvalue weighted by atomic mass is 16.5. The van der Waals surface area contributed by atoms with Crippen molar-refractivity contribution in [2.75, 3.05) is 13.7 Å². The van der Waals surface area contributed by atoms with Crippen LogP contribution < -0.4 is 4.74 Å². The van der Waals surface area contributed by atoms with Crippen LogP contribution in [0.15, 0.2) is 30.5 Å². The van der Waals surface area contributed by atoms with E-state index in [-0.39, 0.29) is 5.78 Å². The van der Waals surface area contributed by atoms with Crippen LogP contribution in [-0.2, 0) is 18.4 Å². The van der Waals surface area contributed by atoms with E-state index in [0.29, 0.717) is 18.8 Å². The summed E-state index contributed by atoms with van der Waals surface area (Å²) in [6.07, 6.45) is 5.09. The van der Waals surface area contributed by atoms with E-state index >= 15 is 0 Å². The first-order chi connectivity index (χ1) is 11.0. The van der Waals surface area contributed by atoms with Gasteiger partial charge in [0.15, 0.2) is 5.78 Å². The van der Waals surface area contributed by atoms with E-state index in [1.54, 1.807) is 37.2 Å². The van der Waals surface area contributed by atoms with E-state index in [0.717, 1.165) is 22.6 Å². The molecule has 122 valence electrons. The summed E-state index contributed by atoms with van der Waals surface area (Å²) in [5, 5.41) is 4.19. The molecular weight excluding hydrogens is 292 g/mol. The number of nitrogens with zero attached hydrogens (tertiary/aromatic N) is 2. The van der Waals surface area contributed by atoms with Crippen molar-refractivity contribution in [1.82, 2.24) is 9.78 Å². The maximum atomic E-state index is 12.2. The molecule has 0 atom stereocenters. The summed E-state index contributed by atoms with van der Waals surface area (Å²) in [5.74, 6) is 0.725. The third-order valence-electron chi connectivity index (χ3n) is 3.47. The van der Waals surface area contributed by atoms with Crippen molar-refractivity contribution in [3.8, 4) is 5.75 Å². The van der Waals surface area contributed by atoms with E-state index in [2.05, 4.69) is 5.10 Å². The van der Waals surface area contributed by atoms with Crippen LogP contribution in [0.3, 0.4) is 0 Å². The molecule has 5 nitrogen and oxygen atoms in total. The molecule has 0 bridgehead atoms. The molecule has 5 heteroatoms. The Labute approximate surface area is 136 Å². The second kappa shape index (κ2) is 7.74. The molecule has 1 aromatic heterocycles. The van der Waals surface area contributed by atoms with E-state index in [1.165, 1.54) is 0 Å². The van der Waals surface area contributed by atoms with Gasteiger partial charge in [0.1, 0.15) is 5.75 Å². The number of allylic oxidation sites excluding steroid dienone is 1. The average Bonchev–Trinajstić information content (AvgIpc) is 2.89. The van der Waals surface area contributed by atoms with Crippen molar-refractivity contribution in [3.05, 3.63) is 52.9 Å². The van der Waals surface area contributed by atoms with Gasteiger partial charge in [-0.05, 0) is 37.6 Å². The first-order valence-electron chi connectivity index (χ1n) is 7.52. The Kier molecular flexibility index (Phi) is 5.71. The van der Waals surface area contributed by atoms with Crippen molar-refractivity contribution in [3.63, 3.8) is 0 Å². The zero-order valence-corrected chi connectivity index (χ0v) is 14.0. The smallest absolute Gasteiger partial charge is 0.189 e. The Balaban J connectivity index is 2.18. The second-order valence-corrected chi connectivity index (χ2v) is 5.21. The molecule has 0 aliphatic rings. The van der Waals surface area contributed by atoms with E-state index in [1.807, 2.05) is 32.0 Å². The number of carbonyl (C=O) groups excluding carboxylic acids is 1. The Morgan fingerprint density at radius 2 is 2.17 bits per heavy atom. The highest BCUT2D eigenvalue weighted by molar-refractivity contribution is 6.07. The molecule has 0 radical (unpaired) electrons. The number of hydrogen-bond acceptors (Lipinski definition) is 4. The molecule has 23 heavy (non-hydrogen) atoms. The maximum absolute atomic E-state index is 12.2. The first-order valence-corrected chi connectivity index (χ1v) is 7.52. The third kappa shape index (κ3) is 4.29. The predicted molar refractivity (Wildman–Crippen MR) is 89.6 cm³/mol. The Hall–Kier alpha value is -2.40. The highest BCUT2D eigenvalue weighted by Crippen LogP contribution is 2.21. The van der Waals surface area contributed by atoms with Gasteiger partial charge in [-0.15, -0.1) is 0 Å².